The number of nitrogens with one attached hydrogen (secondary N) is 1. The van der Waals surface area contributed by atoms with Gasteiger partial charge in [0, 0.05) is 18.6 Å². The van der Waals surface area contributed by atoms with E-state index >= 15 is 0 Å². The molecule has 0 heterocycles. The summed E-state index contributed by atoms with van der Waals surface area (Å²) in [6.07, 6.45) is 5.18. The van der Waals surface area contributed by atoms with E-state index in [-0.39, 0.29) is 29.8 Å². The highest BCUT2D eigenvalue weighted by atomic mass is 16.2. The first kappa shape index (κ1) is 22.1. The van der Waals surface area contributed by atoms with Crippen molar-refractivity contribution in [2.24, 2.45) is 0 Å². The van der Waals surface area contributed by atoms with Crippen molar-refractivity contribution in [3.05, 3.63) is 71.8 Å². The van der Waals surface area contributed by atoms with Gasteiger partial charge in [-0.1, -0.05) is 67.6 Å². The second kappa shape index (κ2) is 11.0. The Balaban J connectivity index is 1.52. The van der Waals surface area contributed by atoms with E-state index in [2.05, 4.69) is 17.1 Å². The van der Waals surface area contributed by atoms with Crippen molar-refractivity contribution in [3.8, 4) is 0 Å². The molecule has 2 aromatic carbocycles. The predicted octanol–water partition coefficient (Wildman–Crippen LogP) is 4.70. The van der Waals surface area contributed by atoms with E-state index in [0.717, 1.165) is 49.8 Å². The lowest BCUT2D eigenvalue weighted by atomic mass is 9.89. The monoisotopic (exact) mass is 406 g/mol. The summed E-state index contributed by atoms with van der Waals surface area (Å²) >= 11 is 0. The third-order valence-corrected chi connectivity index (χ3v) is 6.16. The number of benzene rings is 2. The highest BCUT2D eigenvalue weighted by Gasteiger charge is 2.29. The minimum atomic E-state index is -0.145. The molecule has 0 aliphatic heterocycles. The summed E-state index contributed by atoms with van der Waals surface area (Å²) in [6, 6.07) is 20.4. The Morgan fingerprint density at radius 1 is 0.967 bits per heavy atom. The third-order valence-electron chi connectivity index (χ3n) is 6.16. The maximum absolute atomic E-state index is 13.0. The summed E-state index contributed by atoms with van der Waals surface area (Å²) in [4.78, 5) is 27.7. The highest BCUT2D eigenvalue weighted by molar-refractivity contribution is 5.83. The standard InChI is InChI=1S/C26H34N2O2/c1-3-18-28(25(29)19-21-10-6-4-7-11-21)24-16-14-23(15-17-24)27-26(30)20(2)22-12-8-5-9-13-22/h4-13,20,23-24H,3,14-19H2,1-2H3,(H,27,30)/t20-,23-,24-/m0/s1. The van der Waals surface area contributed by atoms with Crippen molar-refractivity contribution < 1.29 is 9.59 Å². The molecule has 4 heteroatoms. The van der Waals surface area contributed by atoms with Crippen LogP contribution in [0.5, 0.6) is 0 Å². The number of carbonyl (C=O) groups is 2. The van der Waals surface area contributed by atoms with Gasteiger partial charge in [-0.3, -0.25) is 9.59 Å². The number of hydrogen-bond acceptors (Lipinski definition) is 2. The molecule has 160 valence electrons. The van der Waals surface area contributed by atoms with E-state index in [1.165, 1.54) is 0 Å². The summed E-state index contributed by atoms with van der Waals surface area (Å²) in [7, 11) is 0. The second-order valence-electron chi connectivity index (χ2n) is 8.40. The molecule has 0 unspecified atom stereocenters. The molecule has 0 bridgehead atoms. The molecule has 0 aromatic heterocycles. The Labute approximate surface area is 180 Å². The zero-order chi connectivity index (χ0) is 21.3. The average Bonchev–Trinajstić information content (AvgIpc) is 2.79. The molecule has 1 atom stereocenters. The molecule has 1 aliphatic carbocycles. The molecule has 0 saturated heterocycles. The quantitative estimate of drug-likeness (QED) is 0.691. The molecular formula is C26H34N2O2. The minimum Gasteiger partial charge on any atom is -0.353 e. The number of nitrogens with zero attached hydrogens (tertiary/aromatic N) is 1. The molecule has 2 aromatic rings. The van der Waals surface area contributed by atoms with Crippen LogP contribution in [0.4, 0.5) is 0 Å². The van der Waals surface area contributed by atoms with Crippen molar-refractivity contribution >= 4 is 11.8 Å². The fraction of sp³-hybridized carbons (Fsp3) is 0.462. The molecule has 30 heavy (non-hydrogen) atoms. The first-order chi connectivity index (χ1) is 14.6. The van der Waals surface area contributed by atoms with Gasteiger partial charge in [0.15, 0.2) is 0 Å². The van der Waals surface area contributed by atoms with Crippen LogP contribution in [0.2, 0.25) is 0 Å². The van der Waals surface area contributed by atoms with Crippen LogP contribution < -0.4 is 5.32 Å². The Hall–Kier alpha value is -2.62. The Morgan fingerprint density at radius 3 is 2.17 bits per heavy atom. The van der Waals surface area contributed by atoms with E-state index in [1.807, 2.05) is 67.6 Å². The molecule has 4 nitrogen and oxygen atoms in total. The first-order valence-electron chi connectivity index (χ1n) is 11.3. The summed E-state index contributed by atoms with van der Waals surface area (Å²) in [5.74, 6) is 0.163. The Morgan fingerprint density at radius 2 is 1.57 bits per heavy atom. The van der Waals surface area contributed by atoms with Gasteiger partial charge < -0.3 is 10.2 Å². The minimum absolute atomic E-state index is 0.0928. The first-order valence-corrected chi connectivity index (χ1v) is 11.3. The molecule has 3 rings (SSSR count). The van der Waals surface area contributed by atoms with E-state index in [9.17, 15) is 9.59 Å². The Kier molecular flexibility index (Phi) is 8.06. The number of amides is 2. The zero-order valence-corrected chi connectivity index (χ0v) is 18.2. The van der Waals surface area contributed by atoms with Gasteiger partial charge in [-0.15, -0.1) is 0 Å². The largest absolute Gasteiger partial charge is 0.353 e. The van der Waals surface area contributed by atoms with Crippen molar-refractivity contribution in [2.45, 2.75) is 70.4 Å². The maximum Gasteiger partial charge on any atom is 0.227 e. The summed E-state index contributed by atoms with van der Waals surface area (Å²) in [5.41, 5.74) is 2.11. The van der Waals surface area contributed by atoms with Gasteiger partial charge in [0.25, 0.3) is 0 Å². The zero-order valence-electron chi connectivity index (χ0n) is 18.2. The van der Waals surface area contributed by atoms with E-state index in [4.69, 9.17) is 0 Å². The molecule has 1 fully saturated rings. The Bertz CT molecular complexity index is 798. The van der Waals surface area contributed by atoms with Gasteiger partial charge in [0.05, 0.1) is 12.3 Å². The molecule has 2 amide bonds. The van der Waals surface area contributed by atoms with E-state index < -0.39 is 0 Å². The van der Waals surface area contributed by atoms with Crippen molar-refractivity contribution in [2.75, 3.05) is 6.54 Å². The maximum atomic E-state index is 13.0. The molecular weight excluding hydrogens is 372 g/mol. The lowest BCUT2D eigenvalue weighted by Gasteiger charge is -2.37. The predicted molar refractivity (Wildman–Crippen MR) is 121 cm³/mol. The molecule has 0 radical (unpaired) electrons. The van der Waals surface area contributed by atoms with Crippen LogP contribution in [0.3, 0.4) is 0 Å². The van der Waals surface area contributed by atoms with Gasteiger partial charge >= 0.3 is 0 Å². The summed E-state index contributed by atoms with van der Waals surface area (Å²) in [6.45, 7) is 4.89. The number of hydrogen-bond donors (Lipinski definition) is 1. The highest BCUT2D eigenvalue weighted by Crippen LogP contribution is 2.25. The molecule has 1 N–H and O–H groups in total. The van der Waals surface area contributed by atoms with Crippen LogP contribution in [0.15, 0.2) is 60.7 Å². The molecule has 1 saturated carbocycles. The lowest BCUT2D eigenvalue weighted by Crippen LogP contribution is -2.47. The van der Waals surface area contributed by atoms with Gasteiger partial charge in [-0.25, -0.2) is 0 Å². The van der Waals surface area contributed by atoms with Crippen molar-refractivity contribution in [1.29, 1.82) is 0 Å². The van der Waals surface area contributed by atoms with Crippen LogP contribution in [-0.2, 0) is 16.0 Å². The van der Waals surface area contributed by atoms with Crippen LogP contribution in [0.25, 0.3) is 0 Å². The number of carbonyl (C=O) groups excluding carboxylic acids is 2. The SMILES string of the molecule is CCCN(C(=O)Cc1ccccc1)[C@H]1CC[C@H](NC(=O)[C@@H](C)c2ccccc2)CC1. The summed E-state index contributed by atoms with van der Waals surface area (Å²) in [5, 5.41) is 3.24. The molecule has 1 aliphatic rings. The average molecular weight is 407 g/mol. The summed E-state index contributed by atoms with van der Waals surface area (Å²) < 4.78 is 0. The number of rotatable bonds is 8. The van der Waals surface area contributed by atoms with Crippen LogP contribution in [0, 0.1) is 0 Å². The van der Waals surface area contributed by atoms with Gasteiger partial charge in [0.1, 0.15) is 0 Å². The van der Waals surface area contributed by atoms with Crippen LogP contribution in [0.1, 0.15) is 63.0 Å². The van der Waals surface area contributed by atoms with E-state index in [0.29, 0.717) is 6.42 Å². The fourth-order valence-corrected chi connectivity index (χ4v) is 4.37. The lowest BCUT2D eigenvalue weighted by molar-refractivity contribution is -0.134. The topological polar surface area (TPSA) is 49.4 Å². The van der Waals surface area contributed by atoms with Gasteiger partial charge in [-0.2, -0.15) is 0 Å². The third kappa shape index (κ3) is 5.94. The van der Waals surface area contributed by atoms with Crippen LogP contribution >= 0.6 is 0 Å². The molecule has 0 spiro atoms. The fourth-order valence-electron chi connectivity index (χ4n) is 4.37. The van der Waals surface area contributed by atoms with Crippen LogP contribution in [-0.4, -0.2) is 35.3 Å². The van der Waals surface area contributed by atoms with Crippen molar-refractivity contribution in [3.63, 3.8) is 0 Å². The van der Waals surface area contributed by atoms with E-state index in [1.54, 1.807) is 0 Å². The van der Waals surface area contributed by atoms with Crippen molar-refractivity contribution in [1.82, 2.24) is 10.2 Å². The second-order valence-corrected chi connectivity index (χ2v) is 8.40. The smallest absolute Gasteiger partial charge is 0.227 e. The normalized spacial score (nSPS) is 19.7. The van der Waals surface area contributed by atoms with Gasteiger partial charge in [0.2, 0.25) is 11.8 Å². The van der Waals surface area contributed by atoms with Gasteiger partial charge in [-0.05, 0) is 50.2 Å².